The summed E-state index contributed by atoms with van der Waals surface area (Å²) in [6.07, 6.45) is 1.83. The Labute approximate surface area is 181 Å². The van der Waals surface area contributed by atoms with E-state index in [1.54, 1.807) is 4.68 Å². The molecule has 2 amide bonds. The number of hydrogen-bond donors (Lipinski definition) is 2. The summed E-state index contributed by atoms with van der Waals surface area (Å²) >= 11 is 3.41. The van der Waals surface area contributed by atoms with Crippen molar-refractivity contribution < 1.29 is 18.7 Å². The number of amides is 2. The molecule has 1 saturated heterocycles. The first-order chi connectivity index (χ1) is 14.5. The van der Waals surface area contributed by atoms with Crippen molar-refractivity contribution in [2.75, 3.05) is 0 Å². The second kappa shape index (κ2) is 8.59. The maximum Gasteiger partial charge on any atom is 0.304 e. The summed E-state index contributed by atoms with van der Waals surface area (Å²) in [6.45, 7) is 0. The lowest BCUT2D eigenvalue weighted by atomic mass is 10.00. The van der Waals surface area contributed by atoms with Crippen LogP contribution in [0.5, 0.6) is 0 Å². The lowest BCUT2D eigenvalue weighted by Crippen LogP contribution is -2.42. The molecule has 4 rings (SSSR count). The fourth-order valence-corrected chi connectivity index (χ4v) is 3.63. The number of benzene rings is 3. The first-order valence-corrected chi connectivity index (χ1v) is 10.1. The molecule has 0 aliphatic carbocycles. The number of carbonyl (C=O) groups is 2. The van der Waals surface area contributed by atoms with Gasteiger partial charge in [-0.1, -0.05) is 46.3 Å². The second-order valence-corrected chi connectivity index (χ2v) is 7.79. The summed E-state index contributed by atoms with van der Waals surface area (Å²) in [6, 6.07) is 21.1. The lowest BCUT2D eigenvalue weighted by molar-refractivity contribution is -0.596. The van der Waals surface area contributed by atoms with Gasteiger partial charge in [0, 0.05) is 21.2 Å². The Morgan fingerprint density at radius 3 is 2.33 bits per heavy atom. The van der Waals surface area contributed by atoms with E-state index in [9.17, 15) is 14.0 Å². The van der Waals surface area contributed by atoms with Crippen LogP contribution in [0.2, 0.25) is 0 Å². The van der Waals surface area contributed by atoms with E-state index in [2.05, 4.69) is 26.7 Å². The standard InChI is InChI=1S/C23H17BrFN3O2/c24-18-10-6-15(7-11-18)14-28-21(16-4-2-1-3-5-16)20(23(30)27-28)26-22(29)17-8-12-19(25)13-9-17/h1-14,20-21H,(H-,26,27,29,30)/p+1/b28-14-/t20-,21+/m0/s1. The SMILES string of the molecule is O=C(N[C@@H]1C(=O)N/[N+](=C\c2ccc(Br)cc2)[C@@H]1c1ccccc1)c1ccc(F)cc1. The third kappa shape index (κ3) is 4.31. The normalized spacial score (nSPS) is 19.5. The first kappa shape index (κ1) is 20.0. The molecular weight excluding hydrogens is 449 g/mol. The zero-order valence-corrected chi connectivity index (χ0v) is 17.3. The third-order valence-corrected chi connectivity index (χ3v) is 5.36. The summed E-state index contributed by atoms with van der Waals surface area (Å²) in [5.41, 5.74) is 4.88. The highest BCUT2D eigenvalue weighted by Gasteiger charge is 2.47. The van der Waals surface area contributed by atoms with Crippen LogP contribution in [0.25, 0.3) is 0 Å². The fourth-order valence-electron chi connectivity index (χ4n) is 3.37. The summed E-state index contributed by atoms with van der Waals surface area (Å²) in [5, 5.41) is 2.80. The van der Waals surface area contributed by atoms with Gasteiger partial charge in [-0.25, -0.2) is 4.39 Å². The number of halogens is 2. The average molecular weight is 467 g/mol. The number of hydrazine groups is 1. The zero-order chi connectivity index (χ0) is 21.1. The maximum atomic E-state index is 13.2. The summed E-state index contributed by atoms with van der Waals surface area (Å²) in [7, 11) is 0. The quantitative estimate of drug-likeness (QED) is 0.577. The molecule has 1 aliphatic rings. The molecule has 0 aromatic heterocycles. The minimum atomic E-state index is -0.823. The van der Waals surface area contributed by atoms with Gasteiger partial charge in [0.2, 0.25) is 12.3 Å². The number of rotatable bonds is 4. The lowest BCUT2D eigenvalue weighted by Gasteiger charge is -2.14. The van der Waals surface area contributed by atoms with Gasteiger partial charge in [-0.05, 0) is 48.5 Å². The van der Waals surface area contributed by atoms with Crippen molar-refractivity contribution in [3.05, 3.63) is 106 Å². The highest BCUT2D eigenvalue weighted by atomic mass is 79.9. The summed E-state index contributed by atoms with van der Waals surface area (Å²) in [5.74, 6) is -1.20. The molecule has 2 atom stereocenters. The van der Waals surface area contributed by atoms with Gasteiger partial charge in [0.1, 0.15) is 5.82 Å². The molecular formula is C23H18BrFN3O2+. The van der Waals surface area contributed by atoms with Gasteiger partial charge in [-0.2, -0.15) is 0 Å². The molecule has 30 heavy (non-hydrogen) atoms. The van der Waals surface area contributed by atoms with E-state index in [0.717, 1.165) is 15.6 Å². The molecule has 0 unspecified atom stereocenters. The Bertz CT molecular complexity index is 1100. The largest absolute Gasteiger partial charge is 0.334 e. The number of nitrogens with zero attached hydrogens (tertiary/aromatic N) is 1. The predicted molar refractivity (Wildman–Crippen MR) is 115 cm³/mol. The summed E-state index contributed by atoms with van der Waals surface area (Å²) in [4.78, 5) is 25.5. The minimum absolute atomic E-state index is 0.284. The van der Waals surface area contributed by atoms with E-state index in [4.69, 9.17) is 0 Å². The van der Waals surface area contributed by atoms with Gasteiger partial charge >= 0.3 is 5.91 Å². The Morgan fingerprint density at radius 1 is 1.00 bits per heavy atom. The van der Waals surface area contributed by atoms with Crippen LogP contribution >= 0.6 is 15.9 Å². The topological polar surface area (TPSA) is 61.2 Å². The maximum absolute atomic E-state index is 13.2. The molecule has 1 fully saturated rings. The molecule has 150 valence electrons. The van der Waals surface area contributed by atoms with Crippen LogP contribution < -0.4 is 10.7 Å². The van der Waals surface area contributed by atoms with Crippen molar-refractivity contribution in [1.29, 1.82) is 0 Å². The molecule has 3 aromatic carbocycles. The Balaban J connectivity index is 1.68. The summed E-state index contributed by atoms with van der Waals surface area (Å²) < 4.78 is 15.8. The van der Waals surface area contributed by atoms with Crippen molar-refractivity contribution in [2.45, 2.75) is 12.1 Å². The molecule has 5 nitrogen and oxygen atoms in total. The smallest absolute Gasteiger partial charge is 0.304 e. The highest BCUT2D eigenvalue weighted by Crippen LogP contribution is 2.25. The van der Waals surface area contributed by atoms with Crippen molar-refractivity contribution in [1.82, 2.24) is 10.7 Å². The van der Waals surface area contributed by atoms with Crippen molar-refractivity contribution in [3.8, 4) is 0 Å². The van der Waals surface area contributed by atoms with Gasteiger partial charge in [0.05, 0.1) is 0 Å². The van der Waals surface area contributed by atoms with E-state index in [0.29, 0.717) is 0 Å². The Kier molecular flexibility index (Phi) is 5.72. The molecule has 0 bridgehead atoms. The van der Waals surface area contributed by atoms with Crippen LogP contribution in [0, 0.1) is 5.82 Å². The van der Waals surface area contributed by atoms with Crippen LogP contribution in [0.15, 0.2) is 83.3 Å². The van der Waals surface area contributed by atoms with E-state index < -0.39 is 23.8 Å². The molecule has 2 N–H and O–H groups in total. The number of hydrazone groups is 1. The van der Waals surface area contributed by atoms with Gasteiger partial charge in [-0.3, -0.25) is 9.59 Å². The van der Waals surface area contributed by atoms with Gasteiger partial charge in [0.25, 0.3) is 5.91 Å². The number of carbonyl (C=O) groups excluding carboxylic acids is 2. The first-order valence-electron chi connectivity index (χ1n) is 9.32. The van der Waals surface area contributed by atoms with Crippen molar-refractivity contribution >= 4 is 34.0 Å². The Hall–Kier alpha value is -3.32. The molecule has 0 saturated carbocycles. The molecule has 1 aliphatic heterocycles. The van der Waals surface area contributed by atoms with Crippen LogP contribution in [-0.2, 0) is 4.79 Å². The van der Waals surface area contributed by atoms with Crippen molar-refractivity contribution in [2.24, 2.45) is 0 Å². The van der Waals surface area contributed by atoms with E-state index in [1.165, 1.54) is 24.3 Å². The van der Waals surface area contributed by atoms with E-state index >= 15 is 0 Å². The van der Waals surface area contributed by atoms with Crippen LogP contribution in [-0.4, -0.2) is 28.8 Å². The Morgan fingerprint density at radius 2 is 1.67 bits per heavy atom. The predicted octanol–water partition coefficient (Wildman–Crippen LogP) is 3.60. The third-order valence-electron chi connectivity index (χ3n) is 4.83. The molecule has 1 heterocycles. The molecule has 7 heteroatoms. The number of hydrogen-bond acceptors (Lipinski definition) is 2. The van der Waals surface area contributed by atoms with Gasteiger partial charge in [0.15, 0.2) is 6.04 Å². The van der Waals surface area contributed by atoms with Crippen LogP contribution in [0.3, 0.4) is 0 Å². The van der Waals surface area contributed by atoms with Crippen LogP contribution in [0.4, 0.5) is 4.39 Å². The molecule has 0 spiro atoms. The molecule has 3 aromatic rings. The highest BCUT2D eigenvalue weighted by molar-refractivity contribution is 9.10. The average Bonchev–Trinajstić information content (AvgIpc) is 3.05. The molecule has 0 radical (unpaired) electrons. The number of nitrogens with one attached hydrogen (secondary N) is 2. The van der Waals surface area contributed by atoms with Crippen LogP contribution in [0.1, 0.15) is 27.5 Å². The van der Waals surface area contributed by atoms with Crippen molar-refractivity contribution in [3.63, 3.8) is 0 Å². The van der Waals surface area contributed by atoms with E-state index in [1.807, 2.05) is 60.8 Å². The zero-order valence-electron chi connectivity index (χ0n) is 15.8. The fraction of sp³-hybridized carbons (Fsp3) is 0.0870. The minimum Gasteiger partial charge on any atom is -0.334 e. The second-order valence-electron chi connectivity index (χ2n) is 6.88. The van der Waals surface area contributed by atoms with Gasteiger partial charge in [-0.15, -0.1) is 10.1 Å². The van der Waals surface area contributed by atoms with Gasteiger partial charge < -0.3 is 5.32 Å². The van der Waals surface area contributed by atoms with E-state index in [-0.39, 0.29) is 11.5 Å². The monoisotopic (exact) mass is 466 g/mol.